The van der Waals surface area contributed by atoms with Crippen LogP contribution in [0.2, 0.25) is 0 Å². The summed E-state index contributed by atoms with van der Waals surface area (Å²) in [4.78, 5) is 0. The Kier molecular flexibility index (Phi) is 6.50. The molecule has 0 N–H and O–H groups in total. The Bertz CT molecular complexity index is 1190. The number of hydrogen-bond acceptors (Lipinski definition) is 1. The van der Waals surface area contributed by atoms with Gasteiger partial charge in [-0.2, -0.15) is 0 Å². The first-order chi connectivity index (χ1) is 15.5. The van der Waals surface area contributed by atoms with Crippen molar-refractivity contribution >= 4 is 21.8 Å². The fourth-order valence-corrected chi connectivity index (χ4v) is 4.45. The van der Waals surface area contributed by atoms with Gasteiger partial charge in [0, 0.05) is 27.8 Å². The van der Waals surface area contributed by atoms with Crippen LogP contribution in [0.15, 0.2) is 97.3 Å². The van der Waals surface area contributed by atoms with Crippen molar-refractivity contribution in [1.29, 1.82) is 0 Å². The van der Waals surface area contributed by atoms with Gasteiger partial charge in [0.15, 0.2) is 0 Å². The molecule has 1 aromatic heterocycles. The summed E-state index contributed by atoms with van der Waals surface area (Å²) in [5, 5.41) is 2.69. The van der Waals surface area contributed by atoms with Crippen molar-refractivity contribution in [1.82, 2.24) is 4.57 Å². The third-order valence-electron chi connectivity index (χ3n) is 6.51. The van der Waals surface area contributed by atoms with E-state index in [1.54, 1.807) is 0 Å². The normalized spacial score (nSPS) is 13.2. The van der Waals surface area contributed by atoms with E-state index in [-0.39, 0.29) is 0 Å². The van der Waals surface area contributed by atoms with Gasteiger partial charge in [-0.1, -0.05) is 80.7 Å². The summed E-state index contributed by atoms with van der Waals surface area (Å²) in [6, 6.07) is 26.7. The molecule has 0 amide bonds. The lowest BCUT2D eigenvalue weighted by molar-refractivity contribution is 0.208. The molecule has 0 radical (unpaired) electrons. The maximum atomic E-state index is 5.68. The van der Waals surface area contributed by atoms with Crippen molar-refractivity contribution in [3.05, 3.63) is 108 Å². The molecular formula is C30H33NO. The van der Waals surface area contributed by atoms with Crippen LogP contribution in [0.25, 0.3) is 21.8 Å². The molecule has 2 unspecified atom stereocenters. The molecule has 2 heteroatoms. The summed E-state index contributed by atoms with van der Waals surface area (Å²) >= 11 is 0. The highest BCUT2D eigenvalue weighted by atomic mass is 16.5. The van der Waals surface area contributed by atoms with Crippen molar-refractivity contribution in [2.75, 3.05) is 0 Å². The number of para-hydroxylation sites is 2. The van der Waals surface area contributed by atoms with Crippen LogP contribution in [0.3, 0.4) is 0 Å². The zero-order valence-electron chi connectivity index (χ0n) is 19.5. The van der Waals surface area contributed by atoms with E-state index in [0.29, 0.717) is 24.3 Å². The quantitative estimate of drug-likeness (QED) is 0.194. The van der Waals surface area contributed by atoms with Crippen molar-refractivity contribution in [3.8, 4) is 0 Å². The number of hydrogen-bond donors (Lipinski definition) is 0. The SMILES string of the molecule is C=C(C)C(=C)OCc1ccc(C(C)CCC(C)n2c3ccccc3c3ccccc32)cc1. The predicted molar refractivity (Wildman–Crippen MR) is 137 cm³/mol. The Balaban J connectivity index is 1.44. The molecule has 0 aliphatic carbocycles. The van der Waals surface area contributed by atoms with Crippen LogP contribution in [0.4, 0.5) is 0 Å². The summed E-state index contributed by atoms with van der Waals surface area (Å²) in [5.74, 6) is 1.16. The van der Waals surface area contributed by atoms with Gasteiger partial charge < -0.3 is 9.30 Å². The highest BCUT2D eigenvalue weighted by Gasteiger charge is 2.16. The zero-order chi connectivity index (χ0) is 22.7. The molecule has 0 saturated heterocycles. The van der Waals surface area contributed by atoms with Gasteiger partial charge in [-0.3, -0.25) is 0 Å². The zero-order valence-corrected chi connectivity index (χ0v) is 19.5. The number of ether oxygens (including phenoxy) is 1. The minimum Gasteiger partial charge on any atom is -0.489 e. The molecule has 0 spiro atoms. The van der Waals surface area contributed by atoms with E-state index in [9.17, 15) is 0 Å². The number of nitrogens with zero attached hydrogens (tertiary/aromatic N) is 1. The summed E-state index contributed by atoms with van der Waals surface area (Å²) in [5.41, 5.74) is 6.06. The molecule has 1 heterocycles. The van der Waals surface area contributed by atoms with Gasteiger partial charge in [-0.25, -0.2) is 0 Å². The largest absolute Gasteiger partial charge is 0.489 e. The third kappa shape index (κ3) is 4.50. The van der Waals surface area contributed by atoms with E-state index in [4.69, 9.17) is 4.74 Å². The maximum Gasteiger partial charge on any atom is 0.114 e. The maximum absolute atomic E-state index is 5.68. The van der Waals surface area contributed by atoms with E-state index < -0.39 is 0 Å². The first-order valence-corrected chi connectivity index (χ1v) is 11.5. The second kappa shape index (κ2) is 9.48. The average molecular weight is 424 g/mol. The highest BCUT2D eigenvalue weighted by Crippen LogP contribution is 2.34. The molecular weight excluding hydrogens is 390 g/mol. The Morgan fingerprint density at radius 1 is 0.812 bits per heavy atom. The van der Waals surface area contributed by atoms with Crippen LogP contribution in [-0.4, -0.2) is 4.57 Å². The Hall–Kier alpha value is -3.26. The summed E-state index contributed by atoms with van der Waals surface area (Å²) < 4.78 is 8.20. The Morgan fingerprint density at radius 2 is 1.38 bits per heavy atom. The molecule has 0 fully saturated rings. The Morgan fingerprint density at radius 3 is 1.94 bits per heavy atom. The molecule has 4 aromatic rings. The molecule has 4 rings (SSSR count). The minimum absolute atomic E-state index is 0.433. The molecule has 2 nitrogen and oxygen atoms in total. The van der Waals surface area contributed by atoms with Gasteiger partial charge >= 0.3 is 0 Å². The molecule has 3 aromatic carbocycles. The van der Waals surface area contributed by atoms with Gasteiger partial charge in [0.05, 0.1) is 0 Å². The monoisotopic (exact) mass is 423 g/mol. The summed E-state index contributed by atoms with van der Waals surface area (Å²) in [7, 11) is 0. The van der Waals surface area contributed by atoms with E-state index in [0.717, 1.165) is 24.0 Å². The predicted octanol–water partition coefficient (Wildman–Crippen LogP) is 8.55. The fourth-order valence-electron chi connectivity index (χ4n) is 4.45. The summed E-state index contributed by atoms with van der Waals surface area (Å²) in [6.45, 7) is 14.9. The number of allylic oxidation sites excluding steroid dienone is 1. The molecule has 0 bridgehead atoms. The fraction of sp³-hybridized carbons (Fsp3) is 0.267. The van der Waals surface area contributed by atoms with Crippen LogP contribution < -0.4 is 0 Å². The topological polar surface area (TPSA) is 14.2 Å². The number of rotatable bonds is 9. The van der Waals surface area contributed by atoms with Crippen molar-refractivity contribution in [3.63, 3.8) is 0 Å². The number of fused-ring (bicyclic) bond motifs is 3. The van der Waals surface area contributed by atoms with Gasteiger partial charge in [-0.05, 0) is 61.4 Å². The molecule has 32 heavy (non-hydrogen) atoms. The van der Waals surface area contributed by atoms with E-state index >= 15 is 0 Å². The molecule has 164 valence electrons. The number of benzene rings is 3. The lowest BCUT2D eigenvalue weighted by atomic mass is 9.93. The third-order valence-corrected chi connectivity index (χ3v) is 6.51. The smallest absolute Gasteiger partial charge is 0.114 e. The van der Waals surface area contributed by atoms with Crippen molar-refractivity contribution in [2.45, 2.75) is 52.2 Å². The van der Waals surface area contributed by atoms with Crippen LogP contribution in [-0.2, 0) is 11.3 Å². The standard InChI is InChI=1S/C30H33NO/c1-21(2)24(5)32-20-25-16-18-26(19-17-25)22(3)14-15-23(4)31-29-12-8-6-10-27(29)28-11-7-9-13-30(28)31/h6-13,16-19,22-23H,1,5,14-15,20H2,2-4H3. The summed E-state index contributed by atoms with van der Waals surface area (Å²) in [6.07, 6.45) is 2.28. The first-order valence-electron chi connectivity index (χ1n) is 11.5. The molecule has 0 aliphatic rings. The first kappa shape index (κ1) is 22.0. The van der Waals surface area contributed by atoms with Crippen LogP contribution >= 0.6 is 0 Å². The Labute approximate surface area is 191 Å². The second-order valence-corrected chi connectivity index (χ2v) is 8.97. The second-order valence-electron chi connectivity index (χ2n) is 8.97. The van der Waals surface area contributed by atoms with Crippen molar-refractivity contribution in [2.24, 2.45) is 0 Å². The van der Waals surface area contributed by atoms with Gasteiger partial charge in [0.25, 0.3) is 0 Å². The van der Waals surface area contributed by atoms with Crippen LogP contribution in [0, 0.1) is 0 Å². The molecule has 0 saturated carbocycles. The van der Waals surface area contributed by atoms with Crippen molar-refractivity contribution < 1.29 is 4.74 Å². The van der Waals surface area contributed by atoms with Crippen LogP contribution in [0.1, 0.15) is 56.7 Å². The molecule has 0 aliphatic heterocycles. The van der Waals surface area contributed by atoms with E-state index in [2.05, 4.69) is 104 Å². The lowest BCUT2D eigenvalue weighted by Gasteiger charge is -2.20. The molecule has 2 atom stereocenters. The number of aromatic nitrogens is 1. The lowest BCUT2D eigenvalue weighted by Crippen LogP contribution is -2.06. The van der Waals surface area contributed by atoms with Crippen LogP contribution in [0.5, 0.6) is 0 Å². The van der Waals surface area contributed by atoms with E-state index in [1.807, 2.05) is 6.92 Å². The highest BCUT2D eigenvalue weighted by molar-refractivity contribution is 6.08. The minimum atomic E-state index is 0.433. The average Bonchev–Trinajstić information content (AvgIpc) is 3.15. The van der Waals surface area contributed by atoms with E-state index in [1.165, 1.54) is 27.4 Å². The van der Waals surface area contributed by atoms with Gasteiger partial charge in [0.1, 0.15) is 12.4 Å². The van der Waals surface area contributed by atoms with Gasteiger partial charge in [-0.15, -0.1) is 0 Å². The van der Waals surface area contributed by atoms with Gasteiger partial charge in [0.2, 0.25) is 0 Å².